The number of carbonyl (C=O) groups excluding carboxylic acids is 1. The van der Waals surface area contributed by atoms with Gasteiger partial charge in [-0.05, 0) is 18.6 Å². The van der Waals surface area contributed by atoms with Crippen LogP contribution in [0.15, 0.2) is 24.5 Å². The molecule has 2 aromatic rings. The maximum Gasteiger partial charge on any atom is 0.168 e. The molecular formula is C9H9ClN2O. The zero-order valence-electron chi connectivity index (χ0n) is 7.10. The van der Waals surface area contributed by atoms with Crippen LogP contribution in [0.5, 0.6) is 0 Å². The molecule has 0 N–H and O–H groups in total. The van der Waals surface area contributed by atoms with Crippen molar-refractivity contribution < 1.29 is 4.79 Å². The Hall–Kier alpha value is -1.35. The van der Waals surface area contributed by atoms with Crippen molar-refractivity contribution in [2.45, 2.75) is 6.92 Å². The third-order valence-corrected chi connectivity index (χ3v) is 1.80. The molecule has 0 atom stereocenters. The molecule has 0 aromatic carbocycles. The molecule has 0 unspecified atom stereocenters. The first-order valence-electron chi connectivity index (χ1n) is 3.70. The van der Waals surface area contributed by atoms with Gasteiger partial charge in [0.05, 0.1) is 6.20 Å². The maximum absolute atomic E-state index is 10.5. The van der Waals surface area contributed by atoms with Gasteiger partial charge in [0, 0.05) is 6.20 Å². The Balaban J connectivity index is 0.000000845. The average Bonchev–Trinajstić information content (AvgIpc) is 2.46. The maximum atomic E-state index is 10.5. The molecule has 0 radical (unpaired) electrons. The Labute approximate surface area is 81.8 Å². The van der Waals surface area contributed by atoms with Gasteiger partial charge in [-0.3, -0.25) is 9.20 Å². The van der Waals surface area contributed by atoms with Gasteiger partial charge in [0.1, 0.15) is 11.3 Å². The van der Waals surface area contributed by atoms with E-state index < -0.39 is 0 Å². The van der Waals surface area contributed by atoms with Gasteiger partial charge < -0.3 is 0 Å². The first-order chi connectivity index (χ1) is 5.81. The van der Waals surface area contributed by atoms with Crippen molar-refractivity contribution in [1.82, 2.24) is 9.38 Å². The SMILES string of the molecule is Cc1ccc2ncc(C=O)n2c1.Cl. The van der Waals surface area contributed by atoms with Crippen molar-refractivity contribution in [3.05, 3.63) is 35.8 Å². The third-order valence-electron chi connectivity index (χ3n) is 1.80. The predicted octanol–water partition coefficient (Wildman–Crippen LogP) is 1.88. The highest BCUT2D eigenvalue weighted by Crippen LogP contribution is 2.06. The van der Waals surface area contributed by atoms with Crippen molar-refractivity contribution >= 4 is 24.3 Å². The number of aryl methyl sites for hydroxylation is 1. The van der Waals surface area contributed by atoms with E-state index in [2.05, 4.69) is 4.98 Å². The number of imidazole rings is 1. The van der Waals surface area contributed by atoms with Crippen molar-refractivity contribution in [3.63, 3.8) is 0 Å². The van der Waals surface area contributed by atoms with Crippen LogP contribution in [-0.2, 0) is 0 Å². The van der Waals surface area contributed by atoms with E-state index in [9.17, 15) is 4.79 Å². The molecule has 0 aliphatic rings. The quantitative estimate of drug-likeness (QED) is 0.653. The molecule has 2 rings (SSSR count). The van der Waals surface area contributed by atoms with Gasteiger partial charge in [0.2, 0.25) is 0 Å². The minimum atomic E-state index is 0. The highest BCUT2D eigenvalue weighted by Gasteiger charge is 1.99. The number of rotatable bonds is 1. The largest absolute Gasteiger partial charge is 0.297 e. The van der Waals surface area contributed by atoms with E-state index in [0.29, 0.717) is 5.69 Å². The van der Waals surface area contributed by atoms with Crippen molar-refractivity contribution in [2.24, 2.45) is 0 Å². The molecule has 68 valence electrons. The van der Waals surface area contributed by atoms with Crippen molar-refractivity contribution in [1.29, 1.82) is 0 Å². The van der Waals surface area contributed by atoms with Crippen LogP contribution in [0.4, 0.5) is 0 Å². The monoisotopic (exact) mass is 196 g/mol. The van der Waals surface area contributed by atoms with Crippen LogP contribution in [0.3, 0.4) is 0 Å². The van der Waals surface area contributed by atoms with E-state index >= 15 is 0 Å². The van der Waals surface area contributed by atoms with E-state index in [1.54, 1.807) is 10.6 Å². The molecule has 2 heterocycles. The van der Waals surface area contributed by atoms with E-state index in [0.717, 1.165) is 17.5 Å². The first-order valence-corrected chi connectivity index (χ1v) is 3.70. The van der Waals surface area contributed by atoms with Crippen molar-refractivity contribution in [3.8, 4) is 0 Å². The van der Waals surface area contributed by atoms with Crippen LogP contribution in [0.25, 0.3) is 5.65 Å². The predicted molar refractivity (Wildman–Crippen MR) is 52.6 cm³/mol. The van der Waals surface area contributed by atoms with E-state index in [1.807, 2.05) is 25.3 Å². The van der Waals surface area contributed by atoms with Crippen LogP contribution in [-0.4, -0.2) is 15.7 Å². The van der Waals surface area contributed by atoms with Crippen LogP contribution in [0.2, 0.25) is 0 Å². The highest BCUT2D eigenvalue weighted by molar-refractivity contribution is 5.85. The Kier molecular flexibility index (Phi) is 2.68. The lowest BCUT2D eigenvalue weighted by Crippen LogP contribution is -1.90. The summed E-state index contributed by atoms with van der Waals surface area (Å²) in [5, 5.41) is 0. The number of aldehydes is 1. The number of hydrogen-bond donors (Lipinski definition) is 0. The van der Waals surface area contributed by atoms with Gasteiger partial charge in [-0.15, -0.1) is 12.4 Å². The lowest BCUT2D eigenvalue weighted by molar-refractivity contribution is 0.111. The topological polar surface area (TPSA) is 34.4 Å². The summed E-state index contributed by atoms with van der Waals surface area (Å²) in [6.45, 7) is 1.98. The summed E-state index contributed by atoms with van der Waals surface area (Å²) in [5.74, 6) is 0. The summed E-state index contributed by atoms with van der Waals surface area (Å²) in [6.07, 6.45) is 4.27. The molecule has 13 heavy (non-hydrogen) atoms. The average molecular weight is 197 g/mol. The molecule has 0 aliphatic heterocycles. The van der Waals surface area contributed by atoms with E-state index in [4.69, 9.17) is 0 Å². The van der Waals surface area contributed by atoms with Gasteiger partial charge in [-0.1, -0.05) is 6.07 Å². The minimum Gasteiger partial charge on any atom is -0.297 e. The number of fused-ring (bicyclic) bond motifs is 1. The summed E-state index contributed by atoms with van der Waals surface area (Å²) in [4.78, 5) is 14.6. The Morgan fingerprint density at radius 2 is 2.23 bits per heavy atom. The number of hydrogen-bond acceptors (Lipinski definition) is 2. The second kappa shape index (κ2) is 3.58. The molecule has 0 saturated heterocycles. The van der Waals surface area contributed by atoms with Crippen LogP contribution < -0.4 is 0 Å². The fourth-order valence-corrected chi connectivity index (χ4v) is 1.19. The number of aromatic nitrogens is 2. The molecule has 0 fully saturated rings. The van der Waals surface area contributed by atoms with Gasteiger partial charge in [-0.2, -0.15) is 0 Å². The van der Waals surface area contributed by atoms with Crippen LogP contribution >= 0.6 is 12.4 Å². The van der Waals surface area contributed by atoms with Gasteiger partial charge in [0.15, 0.2) is 6.29 Å². The standard InChI is InChI=1S/C9H8N2O.ClH/c1-7-2-3-9-10-4-8(6-12)11(9)5-7;/h2-6H,1H3;1H. The van der Waals surface area contributed by atoms with Crippen LogP contribution in [0, 0.1) is 6.92 Å². The van der Waals surface area contributed by atoms with Crippen LogP contribution in [0.1, 0.15) is 16.1 Å². The van der Waals surface area contributed by atoms with Gasteiger partial charge >= 0.3 is 0 Å². The first kappa shape index (κ1) is 9.74. The fourth-order valence-electron chi connectivity index (χ4n) is 1.19. The molecule has 2 aromatic heterocycles. The third kappa shape index (κ3) is 1.55. The molecule has 0 aliphatic carbocycles. The summed E-state index contributed by atoms with van der Waals surface area (Å²) in [5.41, 5.74) is 2.51. The summed E-state index contributed by atoms with van der Waals surface area (Å²) in [6, 6.07) is 3.86. The zero-order valence-corrected chi connectivity index (χ0v) is 7.91. The van der Waals surface area contributed by atoms with E-state index in [-0.39, 0.29) is 12.4 Å². The summed E-state index contributed by atoms with van der Waals surface area (Å²) < 4.78 is 1.78. The fraction of sp³-hybridized carbons (Fsp3) is 0.111. The zero-order chi connectivity index (χ0) is 8.55. The number of nitrogens with zero attached hydrogens (tertiary/aromatic N) is 2. The highest BCUT2D eigenvalue weighted by atomic mass is 35.5. The smallest absolute Gasteiger partial charge is 0.168 e. The Morgan fingerprint density at radius 3 is 2.92 bits per heavy atom. The second-order valence-electron chi connectivity index (χ2n) is 2.74. The molecule has 0 saturated carbocycles. The number of halogens is 1. The Bertz CT molecular complexity index is 436. The minimum absolute atomic E-state index is 0. The molecule has 3 nitrogen and oxygen atoms in total. The molecule has 4 heteroatoms. The number of carbonyl (C=O) groups is 1. The molecule has 0 amide bonds. The lowest BCUT2D eigenvalue weighted by Gasteiger charge is -1.95. The number of pyridine rings is 1. The van der Waals surface area contributed by atoms with Crippen molar-refractivity contribution in [2.75, 3.05) is 0 Å². The lowest BCUT2D eigenvalue weighted by atomic mass is 10.3. The molecular weight excluding hydrogens is 188 g/mol. The molecule has 0 bridgehead atoms. The van der Waals surface area contributed by atoms with E-state index in [1.165, 1.54) is 0 Å². The van der Waals surface area contributed by atoms with Gasteiger partial charge in [0.25, 0.3) is 0 Å². The molecule has 0 spiro atoms. The summed E-state index contributed by atoms with van der Waals surface area (Å²) >= 11 is 0. The normalized spacial score (nSPS) is 9.62. The summed E-state index contributed by atoms with van der Waals surface area (Å²) in [7, 11) is 0. The Morgan fingerprint density at radius 1 is 1.46 bits per heavy atom. The second-order valence-corrected chi connectivity index (χ2v) is 2.74. The van der Waals surface area contributed by atoms with Gasteiger partial charge in [-0.25, -0.2) is 4.98 Å².